The highest BCUT2D eigenvalue weighted by atomic mass is 35.5. The lowest BCUT2D eigenvalue weighted by Crippen LogP contribution is -2.48. The minimum absolute atomic E-state index is 0.104. The number of furan rings is 1. The molecule has 0 N–H and O–H groups in total. The monoisotopic (exact) mass is 462 g/mol. The van der Waals surface area contributed by atoms with Gasteiger partial charge in [0.2, 0.25) is 0 Å². The summed E-state index contributed by atoms with van der Waals surface area (Å²) in [5.74, 6) is 1.28. The van der Waals surface area contributed by atoms with E-state index >= 15 is 0 Å². The van der Waals surface area contributed by atoms with Gasteiger partial charge in [0.25, 0.3) is 5.91 Å². The second kappa shape index (κ2) is 9.34. The van der Waals surface area contributed by atoms with Crippen LogP contribution in [0.25, 0.3) is 0 Å². The van der Waals surface area contributed by atoms with E-state index < -0.39 is 0 Å². The Morgan fingerprint density at radius 2 is 1.94 bits per heavy atom. The predicted octanol–water partition coefficient (Wildman–Crippen LogP) is 4.17. The standard InChI is InChI=1S/C22H24Cl2N4O3/c1-15-16(12-26(2)25-15)13-27-7-9-28(10-8-27)22(29)21-6-4-18(31-21)14-30-20-5-3-17(23)11-19(20)24/h3-6,11-12H,7-10,13-14H2,1-2H3. The average Bonchev–Trinajstić information content (AvgIpc) is 3.33. The van der Waals surface area contributed by atoms with Crippen LogP contribution in [0.3, 0.4) is 0 Å². The molecule has 0 unspecified atom stereocenters. The maximum atomic E-state index is 12.8. The molecule has 4 rings (SSSR count). The minimum Gasteiger partial charge on any atom is -0.484 e. The third kappa shape index (κ3) is 5.23. The van der Waals surface area contributed by atoms with Gasteiger partial charge in [-0.3, -0.25) is 14.4 Å². The molecule has 164 valence electrons. The van der Waals surface area contributed by atoms with Crippen LogP contribution < -0.4 is 4.74 Å². The van der Waals surface area contributed by atoms with Crippen LogP contribution >= 0.6 is 23.2 Å². The fourth-order valence-corrected chi connectivity index (χ4v) is 4.08. The van der Waals surface area contributed by atoms with Crippen LogP contribution in [0.1, 0.15) is 27.6 Å². The molecule has 1 saturated heterocycles. The average molecular weight is 463 g/mol. The van der Waals surface area contributed by atoms with Crippen LogP contribution in [0, 0.1) is 6.92 Å². The van der Waals surface area contributed by atoms with E-state index in [0.29, 0.717) is 40.4 Å². The molecule has 1 aliphatic rings. The van der Waals surface area contributed by atoms with Crippen molar-refractivity contribution in [3.05, 3.63) is 69.4 Å². The Kier molecular flexibility index (Phi) is 6.55. The summed E-state index contributed by atoms with van der Waals surface area (Å²) in [5.41, 5.74) is 2.27. The number of halogens is 2. The largest absolute Gasteiger partial charge is 0.484 e. The first-order valence-electron chi connectivity index (χ1n) is 10.1. The van der Waals surface area contributed by atoms with Gasteiger partial charge in [0.15, 0.2) is 5.76 Å². The smallest absolute Gasteiger partial charge is 0.289 e. The molecule has 3 aromatic rings. The zero-order valence-corrected chi connectivity index (χ0v) is 19.0. The van der Waals surface area contributed by atoms with Crippen LogP contribution in [0.4, 0.5) is 0 Å². The zero-order chi connectivity index (χ0) is 22.0. The lowest BCUT2D eigenvalue weighted by atomic mass is 10.2. The van der Waals surface area contributed by atoms with Crippen molar-refractivity contribution in [1.82, 2.24) is 19.6 Å². The summed E-state index contributed by atoms with van der Waals surface area (Å²) in [6, 6.07) is 8.46. The molecular weight excluding hydrogens is 439 g/mol. The van der Waals surface area contributed by atoms with E-state index in [1.807, 2.05) is 23.6 Å². The van der Waals surface area contributed by atoms with Gasteiger partial charge in [-0.05, 0) is 37.3 Å². The molecule has 0 spiro atoms. The van der Waals surface area contributed by atoms with Crippen molar-refractivity contribution in [2.75, 3.05) is 26.2 Å². The molecule has 1 fully saturated rings. The number of hydrogen-bond donors (Lipinski definition) is 0. The molecule has 9 heteroatoms. The topological polar surface area (TPSA) is 63.7 Å². The Balaban J connectivity index is 1.29. The van der Waals surface area contributed by atoms with Crippen LogP contribution in [-0.2, 0) is 20.2 Å². The second-order valence-corrected chi connectivity index (χ2v) is 8.45. The Morgan fingerprint density at radius 1 is 1.16 bits per heavy atom. The number of piperazine rings is 1. The molecule has 2 aromatic heterocycles. The highest BCUT2D eigenvalue weighted by Gasteiger charge is 2.25. The highest BCUT2D eigenvalue weighted by molar-refractivity contribution is 6.35. The van der Waals surface area contributed by atoms with E-state index in [4.69, 9.17) is 32.4 Å². The number of nitrogens with zero attached hydrogens (tertiary/aromatic N) is 4. The lowest BCUT2D eigenvalue weighted by molar-refractivity contribution is 0.0594. The van der Waals surface area contributed by atoms with Gasteiger partial charge in [-0.2, -0.15) is 5.10 Å². The molecule has 0 aliphatic carbocycles. The summed E-state index contributed by atoms with van der Waals surface area (Å²) in [6.07, 6.45) is 2.05. The molecule has 0 bridgehead atoms. The summed E-state index contributed by atoms with van der Waals surface area (Å²) < 4.78 is 13.2. The fourth-order valence-electron chi connectivity index (χ4n) is 3.62. The van der Waals surface area contributed by atoms with E-state index in [2.05, 4.69) is 16.2 Å². The normalized spacial score (nSPS) is 14.8. The molecule has 0 saturated carbocycles. The molecule has 0 atom stereocenters. The van der Waals surface area contributed by atoms with E-state index in [-0.39, 0.29) is 12.5 Å². The van der Waals surface area contributed by atoms with E-state index in [1.54, 1.807) is 30.3 Å². The number of amides is 1. The van der Waals surface area contributed by atoms with Gasteiger partial charge < -0.3 is 14.1 Å². The van der Waals surface area contributed by atoms with Crippen molar-refractivity contribution in [3.8, 4) is 5.75 Å². The zero-order valence-electron chi connectivity index (χ0n) is 17.5. The number of carbonyl (C=O) groups is 1. The van der Waals surface area contributed by atoms with Gasteiger partial charge in [-0.25, -0.2) is 0 Å². The number of ether oxygens (including phenoxy) is 1. The summed E-state index contributed by atoms with van der Waals surface area (Å²) in [5, 5.41) is 5.36. The fraction of sp³-hybridized carbons (Fsp3) is 0.364. The van der Waals surface area contributed by atoms with Crippen molar-refractivity contribution in [3.63, 3.8) is 0 Å². The number of aryl methyl sites for hydroxylation is 2. The van der Waals surface area contributed by atoms with E-state index in [9.17, 15) is 4.79 Å². The molecule has 1 amide bonds. The highest BCUT2D eigenvalue weighted by Crippen LogP contribution is 2.28. The Morgan fingerprint density at radius 3 is 2.61 bits per heavy atom. The number of hydrogen-bond acceptors (Lipinski definition) is 5. The molecule has 1 aliphatic heterocycles. The third-order valence-electron chi connectivity index (χ3n) is 5.30. The van der Waals surface area contributed by atoms with Crippen molar-refractivity contribution >= 4 is 29.1 Å². The maximum absolute atomic E-state index is 12.8. The van der Waals surface area contributed by atoms with Gasteiger partial charge in [-0.15, -0.1) is 0 Å². The quantitative estimate of drug-likeness (QED) is 0.549. The van der Waals surface area contributed by atoms with Crippen molar-refractivity contribution in [2.45, 2.75) is 20.1 Å². The van der Waals surface area contributed by atoms with Gasteiger partial charge in [0.05, 0.1) is 10.7 Å². The summed E-state index contributed by atoms with van der Waals surface area (Å²) in [6.45, 7) is 5.98. The first-order chi connectivity index (χ1) is 14.9. The SMILES string of the molecule is Cc1nn(C)cc1CN1CCN(C(=O)c2ccc(COc3ccc(Cl)cc3Cl)o2)CC1. The summed E-state index contributed by atoms with van der Waals surface area (Å²) in [7, 11) is 1.93. The molecule has 3 heterocycles. The molecule has 0 radical (unpaired) electrons. The van der Waals surface area contributed by atoms with Crippen molar-refractivity contribution in [1.29, 1.82) is 0 Å². The Bertz CT molecular complexity index is 1070. The van der Waals surface area contributed by atoms with Crippen LogP contribution in [0.5, 0.6) is 5.75 Å². The molecule has 31 heavy (non-hydrogen) atoms. The van der Waals surface area contributed by atoms with Gasteiger partial charge in [0.1, 0.15) is 18.1 Å². The van der Waals surface area contributed by atoms with Crippen LogP contribution in [0.2, 0.25) is 10.0 Å². The summed E-state index contributed by atoms with van der Waals surface area (Å²) in [4.78, 5) is 17.0. The number of aromatic nitrogens is 2. The molecule has 7 nitrogen and oxygen atoms in total. The molecule has 1 aromatic carbocycles. The minimum atomic E-state index is -0.104. The molecular formula is C22H24Cl2N4O3. The van der Waals surface area contributed by atoms with Gasteiger partial charge >= 0.3 is 0 Å². The maximum Gasteiger partial charge on any atom is 0.289 e. The number of rotatable bonds is 6. The van der Waals surface area contributed by atoms with Crippen molar-refractivity contribution in [2.24, 2.45) is 7.05 Å². The Hall–Kier alpha value is -2.48. The predicted molar refractivity (Wildman–Crippen MR) is 119 cm³/mol. The van der Waals surface area contributed by atoms with Crippen LogP contribution in [0.15, 0.2) is 40.9 Å². The van der Waals surface area contributed by atoms with Crippen LogP contribution in [-0.4, -0.2) is 51.7 Å². The van der Waals surface area contributed by atoms with Crippen molar-refractivity contribution < 1.29 is 13.9 Å². The summed E-state index contributed by atoms with van der Waals surface area (Å²) >= 11 is 12.0. The van der Waals surface area contributed by atoms with E-state index in [1.165, 1.54) is 5.56 Å². The van der Waals surface area contributed by atoms with Gasteiger partial charge in [-0.1, -0.05) is 23.2 Å². The number of carbonyl (C=O) groups excluding carboxylic acids is 1. The Labute approximate surface area is 191 Å². The first kappa shape index (κ1) is 21.7. The van der Waals surface area contributed by atoms with E-state index in [0.717, 1.165) is 25.3 Å². The first-order valence-corrected chi connectivity index (χ1v) is 10.8. The van der Waals surface area contributed by atoms with Gasteiger partial charge in [0, 0.05) is 56.6 Å². The third-order valence-corrected chi connectivity index (χ3v) is 5.84. The number of benzene rings is 1. The lowest BCUT2D eigenvalue weighted by Gasteiger charge is -2.34. The second-order valence-electron chi connectivity index (χ2n) is 7.61.